The van der Waals surface area contributed by atoms with Crippen molar-refractivity contribution in [3.05, 3.63) is 16.1 Å². The van der Waals surface area contributed by atoms with Crippen LogP contribution in [-0.2, 0) is 6.42 Å². The van der Waals surface area contributed by atoms with Crippen molar-refractivity contribution in [3.8, 4) is 0 Å². The van der Waals surface area contributed by atoms with Crippen LogP contribution in [0.4, 0.5) is 0 Å². The van der Waals surface area contributed by atoms with E-state index in [9.17, 15) is 0 Å². The smallest absolute Gasteiger partial charge is 0.0928 e. The lowest BCUT2D eigenvalue weighted by molar-refractivity contribution is 0.412. The van der Waals surface area contributed by atoms with Crippen LogP contribution in [0.2, 0.25) is 0 Å². The van der Waals surface area contributed by atoms with Crippen molar-refractivity contribution in [2.24, 2.45) is 0 Å². The molecule has 1 heterocycles. The third kappa shape index (κ3) is 3.02. The zero-order valence-corrected chi connectivity index (χ0v) is 10.3. The summed E-state index contributed by atoms with van der Waals surface area (Å²) in [4.78, 5) is 4.73. The zero-order valence-electron chi connectivity index (χ0n) is 9.46. The van der Waals surface area contributed by atoms with Crippen molar-refractivity contribution < 1.29 is 0 Å². The van der Waals surface area contributed by atoms with Gasteiger partial charge in [0, 0.05) is 11.3 Å². The van der Waals surface area contributed by atoms with Crippen LogP contribution in [0.1, 0.15) is 48.7 Å². The first-order valence-electron chi connectivity index (χ1n) is 5.99. The second-order valence-corrected chi connectivity index (χ2v) is 5.30. The Hall–Kier alpha value is -0.410. The van der Waals surface area contributed by atoms with Crippen LogP contribution in [0.15, 0.2) is 5.38 Å². The molecule has 0 aliphatic heterocycles. The van der Waals surface area contributed by atoms with E-state index >= 15 is 0 Å². The van der Waals surface area contributed by atoms with Crippen LogP contribution in [0.3, 0.4) is 0 Å². The summed E-state index contributed by atoms with van der Waals surface area (Å²) in [6.07, 6.45) is 7.82. The first kappa shape index (κ1) is 11.1. The van der Waals surface area contributed by atoms with Gasteiger partial charge in [0.2, 0.25) is 0 Å². The van der Waals surface area contributed by atoms with Gasteiger partial charge in [-0.3, -0.25) is 0 Å². The minimum Gasteiger partial charge on any atom is -0.320 e. The van der Waals surface area contributed by atoms with Crippen molar-refractivity contribution in [2.75, 3.05) is 13.6 Å². The first-order valence-corrected chi connectivity index (χ1v) is 6.87. The van der Waals surface area contributed by atoms with Crippen molar-refractivity contribution >= 4 is 11.3 Å². The molecule has 1 fully saturated rings. The van der Waals surface area contributed by atoms with Gasteiger partial charge in [0.05, 0.1) is 10.7 Å². The number of nitrogens with zero attached hydrogens (tertiary/aromatic N) is 1. The van der Waals surface area contributed by atoms with Crippen LogP contribution in [0.25, 0.3) is 0 Å². The molecule has 1 saturated carbocycles. The average molecular weight is 224 g/mol. The second-order valence-electron chi connectivity index (χ2n) is 4.35. The quantitative estimate of drug-likeness (QED) is 0.751. The number of unbranched alkanes of at least 4 members (excludes halogenated alkanes) is 1. The second kappa shape index (κ2) is 5.61. The lowest BCUT2D eigenvalue weighted by atomic mass is 9.83. The molecule has 0 atom stereocenters. The predicted molar refractivity (Wildman–Crippen MR) is 65.6 cm³/mol. The summed E-state index contributed by atoms with van der Waals surface area (Å²) in [6.45, 7) is 1.13. The topological polar surface area (TPSA) is 24.9 Å². The number of thiazole rings is 1. The summed E-state index contributed by atoms with van der Waals surface area (Å²) in [5, 5.41) is 6.79. The number of hydrogen-bond acceptors (Lipinski definition) is 3. The Morgan fingerprint density at radius 2 is 2.33 bits per heavy atom. The number of aromatic nitrogens is 1. The first-order chi connectivity index (χ1) is 7.40. The SMILES string of the molecule is CNCCCCc1nc(C2CCC2)cs1. The molecule has 1 aromatic heterocycles. The summed E-state index contributed by atoms with van der Waals surface area (Å²) in [6, 6.07) is 0. The van der Waals surface area contributed by atoms with Crippen molar-refractivity contribution in [1.29, 1.82) is 0 Å². The number of nitrogens with one attached hydrogen (secondary N) is 1. The molecule has 84 valence electrons. The fourth-order valence-electron chi connectivity index (χ4n) is 1.91. The Morgan fingerprint density at radius 3 is 3.00 bits per heavy atom. The van der Waals surface area contributed by atoms with E-state index in [1.54, 1.807) is 0 Å². The van der Waals surface area contributed by atoms with E-state index in [1.165, 1.54) is 49.2 Å². The van der Waals surface area contributed by atoms with Crippen LogP contribution >= 0.6 is 11.3 Å². The van der Waals surface area contributed by atoms with E-state index in [-0.39, 0.29) is 0 Å². The van der Waals surface area contributed by atoms with Gasteiger partial charge in [-0.25, -0.2) is 4.98 Å². The van der Waals surface area contributed by atoms with Gasteiger partial charge >= 0.3 is 0 Å². The standard InChI is InChI=1S/C12H20N2S/c1-13-8-3-2-7-12-14-11(9-15-12)10-5-4-6-10/h9-10,13H,2-8H2,1H3. The van der Waals surface area contributed by atoms with Gasteiger partial charge in [-0.05, 0) is 45.7 Å². The Bertz CT molecular complexity index is 292. The van der Waals surface area contributed by atoms with Crippen molar-refractivity contribution in [2.45, 2.75) is 44.4 Å². The number of hydrogen-bond donors (Lipinski definition) is 1. The molecule has 2 nitrogen and oxygen atoms in total. The fraction of sp³-hybridized carbons (Fsp3) is 0.750. The Kier molecular flexibility index (Phi) is 4.15. The van der Waals surface area contributed by atoms with E-state index in [1.807, 2.05) is 18.4 Å². The normalized spacial score (nSPS) is 16.6. The van der Waals surface area contributed by atoms with Gasteiger partial charge in [-0.15, -0.1) is 11.3 Å². The molecule has 3 heteroatoms. The third-order valence-corrected chi connectivity index (χ3v) is 4.09. The molecule has 2 rings (SSSR count). The Balaban J connectivity index is 1.74. The molecule has 0 saturated heterocycles. The van der Waals surface area contributed by atoms with E-state index in [0.29, 0.717) is 0 Å². The Morgan fingerprint density at radius 1 is 1.47 bits per heavy atom. The maximum Gasteiger partial charge on any atom is 0.0928 e. The summed E-state index contributed by atoms with van der Waals surface area (Å²) >= 11 is 1.85. The van der Waals surface area contributed by atoms with Gasteiger partial charge in [0.25, 0.3) is 0 Å². The summed E-state index contributed by atoms with van der Waals surface area (Å²) < 4.78 is 0. The highest BCUT2D eigenvalue weighted by atomic mass is 32.1. The highest BCUT2D eigenvalue weighted by molar-refractivity contribution is 7.09. The van der Waals surface area contributed by atoms with Gasteiger partial charge in [0.1, 0.15) is 0 Å². The molecular weight excluding hydrogens is 204 g/mol. The van der Waals surface area contributed by atoms with Crippen molar-refractivity contribution in [1.82, 2.24) is 10.3 Å². The number of rotatable bonds is 6. The summed E-state index contributed by atoms with van der Waals surface area (Å²) in [5.74, 6) is 0.798. The highest BCUT2D eigenvalue weighted by Crippen LogP contribution is 2.36. The molecule has 15 heavy (non-hydrogen) atoms. The van der Waals surface area contributed by atoms with Crippen LogP contribution in [0, 0.1) is 0 Å². The average Bonchev–Trinajstić information content (AvgIpc) is 2.58. The lowest BCUT2D eigenvalue weighted by Gasteiger charge is -2.22. The highest BCUT2D eigenvalue weighted by Gasteiger charge is 2.21. The fourth-order valence-corrected chi connectivity index (χ4v) is 2.83. The maximum absolute atomic E-state index is 4.73. The molecule has 0 bridgehead atoms. The van der Waals surface area contributed by atoms with Crippen LogP contribution < -0.4 is 5.32 Å². The van der Waals surface area contributed by atoms with E-state index in [2.05, 4.69) is 10.7 Å². The van der Waals surface area contributed by atoms with Crippen LogP contribution in [-0.4, -0.2) is 18.6 Å². The molecular formula is C12H20N2S. The summed E-state index contributed by atoms with van der Waals surface area (Å²) in [5.41, 5.74) is 1.37. The molecule has 0 radical (unpaired) electrons. The molecule has 1 aliphatic rings. The molecule has 1 aliphatic carbocycles. The van der Waals surface area contributed by atoms with E-state index in [0.717, 1.165) is 12.5 Å². The zero-order chi connectivity index (χ0) is 10.5. The monoisotopic (exact) mass is 224 g/mol. The molecule has 0 unspecified atom stereocenters. The largest absolute Gasteiger partial charge is 0.320 e. The summed E-state index contributed by atoms with van der Waals surface area (Å²) in [7, 11) is 2.01. The molecule has 0 aromatic carbocycles. The lowest BCUT2D eigenvalue weighted by Crippen LogP contribution is -2.09. The minimum absolute atomic E-state index is 0.798. The molecule has 1 aromatic rings. The van der Waals surface area contributed by atoms with Crippen LogP contribution in [0.5, 0.6) is 0 Å². The number of aryl methyl sites for hydroxylation is 1. The van der Waals surface area contributed by atoms with Gasteiger partial charge in [-0.1, -0.05) is 6.42 Å². The van der Waals surface area contributed by atoms with Gasteiger partial charge in [0.15, 0.2) is 0 Å². The molecule has 1 N–H and O–H groups in total. The third-order valence-electron chi connectivity index (χ3n) is 3.16. The van der Waals surface area contributed by atoms with E-state index < -0.39 is 0 Å². The van der Waals surface area contributed by atoms with Crippen molar-refractivity contribution in [3.63, 3.8) is 0 Å². The minimum atomic E-state index is 0.798. The Labute approximate surface area is 96.1 Å². The molecule has 0 spiro atoms. The molecule has 0 amide bonds. The maximum atomic E-state index is 4.73. The van der Waals surface area contributed by atoms with Gasteiger partial charge in [-0.2, -0.15) is 0 Å². The van der Waals surface area contributed by atoms with Gasteiger partial charge < -0.3 is 5.32 Å². The van der Waals surface area contributed by atoms with E-state index in [4.69, 9.17) is 4.98 Å². The predicted octanol–water partition coefficient (Wildman–Crippen LogP) is 2.95.